The summed E-state index contributed by atoms with van der Waals surface area (Å²) in [6.45, 7) is 1.48. The van der Waals surface area contributed by atoms with E-state index in [9.17, 15) is 0 Å². The molecule has 0 atom stereocenters. The van der Waals surface area contributed by atoms with Gasteiger partial charge in [0.1, 0.15) is 17.9 Å². The Bertz CT molecular complexity index is 641. The normalized spacial score (nSPS) is 10.9. The fourth-order valence-corrected chi connectivity index (χ4v) is 2.32. The molecule has 0 saturated carbocycles. The van der Waals surface area contributed by atoms with Gasteiger partial charge in [0, 0.05) is 20.6 Å². The van der Waals surface area contributed by atoms with Gasteiger partial charge in [0.25, 0.3) is 0 Å². The molecule has 1 aromatic heterocycles. The van der Waals surface area contributed by atoms with Gasteiger partial charge in [-0.2, -0.15) is 5.10 Å². The lowest BCUT2D eigenvalue weighted by Gasteiger charge is -2.11. The monoisotopic (exact) mass is 458 g/mol. The maximum atomic E-state index is 5.17. The van der Waals surface area contributed by atoms with Crippen molar-refractivity contribution in [3.8, 4) is 5.75 Å². The van der Waals surface area contributed by atoms with Crippen LogP contribution in [-0.4, -0.2) is 41.4 Å². The molecule has 2 aromatic rings. The van der Waals surface area contributed by atoms with Crippen molar-refractivity contribution in [1.29, 1.82) is 0 Å². The predicted molar refractivity (Wildman–Crippen MR) is 111 cm³/mol. The summed E-state index contributed by atoms with van der Waals surface area (Å²) in [5.74, 6) is 2.55. The Balaban J connectivity index is 0.00000312. The van der Waals surface area contributed by atoms with E-state index in [2.05, 4.69) is 37.8 Å². The zero-order valence-electron chi connectivity index (χ0n) is 15.0. The molecule has 1 heterocycles. The third-order valence-electron chi connectivity index (χ3n) is 3.79. The van der Waals surface area contributed by atoms with Gasteiger partial charge in [0.15, 0.2) is 5.96 Å². The van der Waals surface area contributed by atoms with E-state index in [0.29, 0.717) is 6.54 Å². The molecule has 25 heavy (non-hydrogen) atoms. The van der Waals surface area contributed by atoms with Gasteiger partial charge in [-0.05, 0) is 37.0 Å². The zero-order chi connectivity index (χ0) is 17.2. The molecule has 0 spiro atoms. The van der Waals surface area contributed by atoms with Crippen molar-refractivity contribution in [1.82, 2.24) is 25.4 Å². The summed E-state index contributed by atoms with van der Waals surface area (Å²) >= 11 is 0. The molecule has 0 radical (unpaired) electrons. The molecule has 0 saturated heterocycles. The largest absolute Gasteiger partial charge is 0.497 e. The summed E-state index contributed by atoms with van der Waals surface area (Å²) < 4.78 is 6.91. The quantitative estimate of drug-likeness (QED) is 0.275. The smallest absolute Gasteiger partial charge is 0.191 e. The van der Waals surface area contributed by atoms with Crippen molar-refractivity contribution in [3.05, 3.63) is 42.0 Å². The van der Waals surface area contributed by atoms with E-state index in [1.54, 1.807) is 25.2 Å². The Morgan fingerprint density at radius 1 is 1.20 bits per heavy atom. The highest BCUT2D eigenvalue weighted by atomic mass is 127. The molecule has 0 amide bonds. The third kappa shape index (κ3) is 7.29. The van der Waals surface area contributed by atoms with Gasteiger partial charge < -0.3 is 15.4 Å². The van der Waals surface area contributed by atoms with Crippen molar-refractivity contribution in [3.63, 3.8) is 0 Å². The molecule has 138 valence electrons. The molecule has 0 aliphatic rings. The zero-order valence-corrected chi connectivity index (χ0v) is 17.4. The van der Waals surface area contributed by atoms with Crippen LogP contribution in [0.1, 0.15) is 24.2 Å². The van der Waals surface area contributed by atoms with E-state index in [1.165, 1.54) is 5.56 Å². The first-order valence-electron chi connectivity index (χ1n) is 8.13. The second-order valence-corrected chi connectivity index (χ2v) is 5.46. The summed E-state index contributed by atoms with van der Waals surface area (Å²) in [7, 11) is 5.33. The number of guanidine groups is 1. The average molecular weight is 458 g/mol. The van der Waals surface area contributed by atoms with Crippen LogP contribution in [0, 0.1) is 0 Å². The van der Waals surface area contributed by atoms with E-state index in [1.807, 2.05) is 19.2 Å². The summed E-state index contributed by atoms with van der Waals surface area (Å²) in [6, 6.07) is 8.25. The molecule has 2 rings (SSSR count). The predicted octanol–water partition coefficient (Wildman–Crippen LogP) is 2.13. The first kappa shape index (κ1) is 21.2. The first-order valence-corrected chi connectivity index (χ1v) is 8.13. The summed E-state index contributed by atoms with van der Waals surface area (Å²) in [5, 5.41) is 10.6. The van der Waals surface area contributed by atoms with Crippen LogP contribution in [0.4, 0.5) is 0 Å². The molecule has 1 aromatic carbocycles. The van der Waals surface area contributed by atoms with E-state index >= 15 is 0 Å². The lowest BCUT2D eigenvalue weighted by molar-refractivity contribution is 0.414. The molecule has 7 nitrogen and oxygen atoms in total. The number of unbranched alkanes of at least 4 members (excludes halogenated alkanes) is 1. The van der Waals surface area contributed by atoms with Crippen molar-refractivity contribution in [2.24, 2.45) is 12.0 Å². The molecule has 0 fully saturated rings. The number of nitrogens with one attached hydrogen (secondary N) is 2. The third-order valence-corrected chi connectivity index (χ3v) is 3.79. The number of hydrogen-bond donors (Lipinski definition) is 2. The van der Waals surface area contributed by atoms with Crippen LogP contribution in [0.15, 0.2) is 35.6 Å². The topological polar surface area (TPSA) is 76.4 Å². The number of aromatic nitrogens is 3. The second-order valence-electron chi connectivity index (χ2n) is 5.46. The van der Waals surface area contributed by atoms with Gasteiger partial charge in [-0.25, -0.2) is 4.98 Å². The van der Waals surface area contributed by atoms with E-state index in [0.717, 1.165) is 43.3 Å². The molecule has 0 aliphatic carbocycles. The number of halogens is 1. The summed E-state index contributed by atoms with van der Waals surface area (Å²) in [5.41, 5.74) is 1.33. The number of hydrogen-bond acceptors (Lipinski definition) is 4. The highest BCUT2D eigenvalue weighted by molar-refractivity contribution is 14.0. The van der Waals surface area contributed by atoms with E-state index < -0.39 is 0 Å². The fraction of sp³-hybridized carbons (Fsp3) is 0.471. The maximum Gasteiger partial charge on any atom is 0.191 e. The minimum Gasteiger partial charge on any atom is -0.497 e. The van der Waals surface area contributed by atoms with Crippen molar-refractivity contribution >= 4 is 29.9 Å². The Morgan fingerprint density at radius 3 is 2.56 bits per heavy atom. The molecular weight excluding hydrogens is 431 g/mol. The van der Waals surface area contributed by atoms with Crippen LogP contribution in [-0.2, 0) is 20.0 Å². The van der Waals surface area contributed by atoms with Crippen molar-refractivity contribution < 1.29 is 4.74 Å². The van der Waals surface area contributed by atoms with Gasteiger partial charge in [-0.1, -0.05) is 12.1 Å². The van der Waals surface area contributed by atoms with Crippen molar-refractivity contribution in [2.45, 2.75) is 25.8 Å². The molecular formula is C17H27IN6O. The van der Waals surface area contributed by atoms with Gasteiger partial charge in [-0.15, -0.1) is 24.0 Å². The van der Waals surface area contributed by atoms with Crippen LogP contribution in [0.25, 0.3) is 0 Å². The molecule has 0 unspecified atom stereocenters. The van der Waals surface area contributed by atoms with Crippen LogP contribution < -0.4 is 15.4 Å². The number of methoxy groups -OCH3 is 1. The van der Waals surface area contributed by atoms with Crippen molar-refractivity contribution in [2.75, 3.05) is 20.7 Å². The highest BCUT2D eigenvalue weighted by Gasteiger charge is 2.02. The fourth-order valence-electron chi connectivity index (χ4n) is 2.32. The number of nitrogens with zero attached hydrogens (tertiary/aromatic N) is 4. The first-order chi connectivity index (χ1) is 11.7. The second kappa shape index (κ2) is 11.7. The molecule has 8 heteroatoms. The number of ether oxygens (including phenoxy) is 1. The molecule has 0 aliphatic heterocycles. The number of aryl methyl sites for hydroxylation is 2. The average Bonchev–Trinajstić information content (AvgIpc) is 3.03. The van der Waals surface area contributed by atoms with Crippen LogP contribution in [0.2, 0.25) is 0 Å². The van der Waals surface area contributed by atoms with Gasteiger partial charge >= 0.3 is 0 Å². The molecule has 0 bridgehead atoms. The van der Waals surface area contributed by atoms with E-state index in [-0.39, 0.29) is 24.0 Å². The maximum absolute atomic E-state index is 5.17. The van der Waals surface area contributed by atoms with Gasteiger partial charge in [0.2, 0.25) is 0 Å². The summed E-state index contributed by atoms with van der Waals surface area (Å²) in [6.07, 6.45) is 4.82. The van der Waals surface area contributed by atoms with Crippen LogP contribution in [0.3, 0.4) is 0 Å². The van der Waals surface area contributed by atoms with Gasteiger partial charge in [-0.3, -0.25) is 9.67 Å². The minimum absolute atomic E-state index is 0. The summed E-state index contributed by atoms with van der Waals surface area (Å²) in [4.78, 5) is 8.39. The Hall–Kier alpha value is -1.84. The number of rotatable bonds is 8. The Morgan fingerprint density at radius 2 is 1.96 bits per heavy atom. The standard InChI is InChI=1S/C17H26N6O.HI/c1-18-17(20-12-16-21-13-22-23(16)2)19-11-5-4-6-14-7-9-15(24-3)10-8-14;/h7-10,13H,4-6,11-12H2,1-3H3,(H2,18,19,20);1H. The number of benzene rings is 1. The number of aliphatic imine (C=N–C) groups is 1. The van der Waals surface area contributed by atoms with E-state index in [4.69, 9.17) is 4.74 Å². The lowest BCUT2D eigenvalue weighted by Crippen LogP contribution is -2.37. The van der Waals surface area contributed by atoms with Crippen LogP contribution in [0.5, 0.6) is 5.75 Å². The lowest BCUT2D eigenvalue weighted by atomic mass is 10.1. The van der Waals surface area contributed by atoms with Crippen LogP contribution >= 0.6 is 24.0 Å². The van der Waals surface area contributed by atoms with Gasteiger partial charge in [0.05, 0.1) is 13.7 Å². The highest BCUT2D eigenvalue weighted by Crippen LogP contribution is 2.12. The molecule has 2 N–H and O–H groups in total. The Labute approximate surface area is 166 Å². The SMILES string of the molecule is CN=C(NCCCCc1ccc(OC)cc1)NCc1ncnn1C.I. The Kier molecular flexibility index (Phi) is 9.90. The minimum atomic E-state index is 0.